The van der Waals surface area contributed by atoms with Gasteiger partial charge in [0.2, 0.25) is 0 Å². The Morgan fingerprint density at radius 2 is 1.95 bits per heavy atom. The minimum atomic E-state index is -4.62. The van der Waals surface area contributed by atoms with E-state index >= 15 is 0 Å². The van der Waals surface area contributed by atoms with Crippen molar-refractivity contribution in [2.24, 2.45) is 0 Å². The first-order valence-corrected chi connectivity index (χ1v) is 6.78. The third-order valence-corrected chi connectivity index (χ3v) is 3.78. The fourth-order valence-electron chi connectivity index (χ4n) is 1.74. The zero-order chi connectivity index (χ0) is 16.4. The summed E-state index contributed by atoms with van der Waals surface area (Å²) in [5.74, 6) is -1.79. The van der Waals surface area contributed by atoms with Crippen molar-refractivity contribution in [3.63, 3.8) is 0 Å². The molecule has 21 heavy (non-hydrogen) atoms. The molecule has 1 aromatic rings. The number of ether oxygens (including phenoxy) is 1. The van der Waals surface area contributed by atoms with E-state index in [2.05, 4.69) is 9.72 Å². The van der Waals surface area contributed by atoms with Crippen LogP contribution in [0.3, 0.4) is 0 Å². The number of halogens is 3. The first-order chi connectivity index (χ1) is 9.56. The Morgan fingerprint density at radius 3 is 2.33 bits per heavy atom. The van der Waals surface area contributed by atoms with Gasteiger partial charge in [-0.25, -0.2) is 9.78 Å². The summed E-state index contributed by atoms with van der Waals surface area (Å²) in [6.45, 7) is 2.84. The molecule has 0 fully saturated rings. The van der Waals surface area contributed by atoms with E-state index in [1.807, 2.05) is 0 Å². The van der Waals surface area contributed by atoms with E-state index < -0.39 is 30.6 Å². The number of hydrogen-bond acceptors (Lipinski definition) is 5. The Morgan fingerprint density at radius 1 is 1.38 bits per heavy atom. The first-order valence-electron chi connectivity index (χ1n) is 5.96. The summed E-state index contributed by atoms with van der Waals surface area (Å²) in [5, 5.41) is 0.563. The van der Waals surface area contributed by atoms with Gasteiger partial charge in [0.1, 0.15) is 17.5 Å². The maximum absolute atomic E-state index is 12.7. The zero-order valence-electron chi connectivity index (χ0n) is 11.9. The topological polar surface area (TPSA) is 59.5 Å². The summed E-state index contributed by atoms with van der Waals surface area (Å²) in [5.41, 5.74) is 0.340. The lowest BCUT2D eigenvalue weighted by molar-refractivity contribution is -0.157. The van der Waals surface area contributed by atoms with Gasteiger partial charge in [-0.2, -0.15) is 13.2 Å². The fraction of sp³-hybridized carbons (Fsp3) is 0.583. The maximum atomic E-state index is 12.7. The first kappa shape index (κ1) is 17.4. The van der Waals surface area contributed by atoms with Gasteiger partial charge in [-0.3, -0.25) is 4.79 Å². The second-order valence-corrected chi connectivity index (χ2v) is 5.60. The second kappa shape index (κ2) is 6.42. The molecule has 0 radical (unpaired) electrons. The number of alkyl halides is 3. The van der Waals surface area contributed by atoms with E-state index in [0.717, 1.165) is 18.4 Å². The Balaban J connectivity index is 3.14. The van der Waals surface area contributed by atoms with E-state index in [-0.39, 0.29) is 4.88 Å². The molecule has 1 heterocycles. The molecule has 1 unspecified atom stereocenters. The number of esters is 1. The number of nitrogens with zero attached hydrogens (tertiary/aromatic N) is 2. The average molecular weight is 324 g/mol. The SMILES string of the molecule is COC(=O)C(C)N(CC(F)(F)F)C(=O)c1sc(C)nc1C. The minimum absolute atomic E-state index is 0.0903. The highest BCUT2D eigenvalue weighted by atomic mass is 32.1. The molecule has 0 aliphatic heterocycles. The number of methoxy groups -OCH3 is 1. The van der Waals surface area contributed by atoms with Crippen molar-refractivity contribution >= 4 is 23.2 Å². The lowest BCUT2D eigenvalue weighted by Crippen LogP contribution is -2.48. The quantitative estimate of drug-likeness (QED) is 0.798. The molecule has 0 aliphatic carbocycles. The zero-order valence-corrected chi connectivity index (χ0v) is 12.8. The van der Waals surface area contributed by atoms with Gasteiger partial charge in [0.15, 0.2) is 0 Å². The number of aromatic nitrogens is 1. The third-order valence-electron chi connectivity index (χ3n) is 2.72. The molecule has 0 bridgehead atoms. The maximum Gasteiger partial charge on any atom is 0.406 e. The lowest BCUT2D eigenvalue weighted by atomic mass is 10.2. The summed E-state index contributed by atoms with van der Waals surface area (Å²) in [7, 11) is 1.05. The molecule has 1 aromatic heterocycles. The molecule has 0 aliphatic rings. The smallest absolute Gasteiger partial charge is 0.406 e. The summed E-state index contributed by atoms with van der Waals surface area (Å²) in [4.78, 5) is 28.3. The van der Waals surface area contributed by atoms with Gasteiger partial charge in [0.05, 0.1) is 17.8 Å². The molecule has 0 spiro atoms. The van der Waals surface area contributed by atoms with Crippen molar-refractivity contribution in [2.75, 3.05) is 13.7 Å². The van der Waals surface area contributed by atoms with Crippen LogP contribution in [-0.2, 0) is 9.53 Å². The highest BCUT2D eigenvalue weighted by Gasteiger charge is 2.39. The molecule has 0 aromatic carbocycles. The number of amides is 1. The molecule has 1 amide bonds. The minimum Gasteiger partial charge on any atom is -0.467 e. The highest BCUT2D eigenvalue weighted by Crippen LogP contribution is 2.24. The van der Waals surface area contributed by atoms with E-state index in [1.54, 1.807) is 6.92 Å². The van der Waals surface area contributed by atoms with Crippen molar-refractivity contribution in [2.45, 2.75) is 33.0 Å². The monoisotopic (exact) mass is 324 g/mol. The van der Waals surface area contributed by atoms with Gasteiger partial charge in [-0.1, -0.05) is 0 Å². The van der Waals surface area contributed by atoms with Crippen molar-refractivity contribution in [1.82, 2.24) is 9.88 Å². The van der Waals surface area contributed by atoms with E-state index in [0.29, 0.717) is 15.6 Å². The average Bonchev–Trinajstić information content (AvgIpc) is 2.71. The number of aryl methyl sites for hydroxylation is 2. The summed E-state index contributed by atoms with van der Waals surface area (Å²) in [6.07, 6.45) is -4.62. The second-order valence-electron chi connectivity index (χ2n) is 4.39. The van der Waals surface area contributed by atoms with E-state index in [4.69, 9.17) is 0 Å². The largest absolute Gasteiger partial charge is 0.467 e. The Bertz CT molecular complexity index is 542. The molecular formula is C12H15F3N2O3S. The summed E-state index contributed by atoms with van der Waals surface area (Å²) < 4.78 is 42.4. The van der Waals surface area contributed by atoms with Crippen molar-refractivity contribution in [3.8, 4) is 0 Å². The summed E-state index contributed by atoms with van der Waals surface area (Å²) in [6, 6.07) is -1.34. The molecule has 0 N–H and O–H groups in total. The Hall–Kier alpha value is -1.64. The predicted octanol–water partition coefficient (Wildman–Crippen LogP) is 2.33. The predicted molar refractivity (Wildman–Crippen MR) is 70.2 cm³/mol. The molecule has 118 valence electrons. The van der Waals surface area contributed by atoms with Crippen LogP contribution < -0.4 is 0 Å². The number of carbonyl (C=O) groups excluding carboxylic acids is 2. The van der Waals surface area contributed by atoms with Crippen molar-refractivity contribution in [1.29, 1.82) is 0 Å². The number of hydrogen-bond donors (Lipinski definition) is 0. The molecule has 0 saturated heterocycles. The van der Waals surface area contributed by atoms with E-state index in [9.17, 15) is 22.8 Å². The number of thiazole rings is 1. The fourth-order valence-corrected chi connectivity index (χ4v) is 2.61. The third kappa shape index (κ3) is 4.42. The van der Waals surface area contributed by atoms with Crippen LogP contribution >= 0.6 is 11.3 Å². The van der Waals surface area contributed by atoms with Crippen LogP contribution in [0.5, 0.6) is 0 Å². The van der Waals surface area contributed by atoms with E-state index in [1.165, 1.54) is 13.8 Å². The molecule has 5 nitrogen and oxygen atoms in total. The number of carbonyl (C=O) groups is 2. The molecule has 0 saturated carbocycles. The molecule has 9 heteroatoms. The van der Waals surface area contributed by atoms with Gasteiger partial charge in [0.25, 0.3) is 5.91 Å². The standard InChI is InChI=1S/C12H15F3N2O3S/c1-6-9(21-8(3)16-6)10(18)17(5-12(13,14)15)7(2)11(19)20-4/h7H,5H2,1-4H3. The van der Waals surface area contributed by atoms with Crippen LogP contribution in [0.4, 0.5) is 13.2 Å². The lowest BCUT2D eigenvalue weighted by Gasteiger charge is -2.28. The Kier molecular flexibility index (Phi) is 5.32. The van der Waals surface area contributed by atoms with Crippen LogP contribution in [0.1, 0.15) is 27.3 Å². The molecule has 1 rings (SSSR count). The van der Waals surface area contributed by atoms with Crippen molar-refractivity contribution < 1.29 is 27.5 Å². The van der Waals surface area contributed by atoms with Crippen LogP contribution in [-0.4, -0.2) is 47.6 Å². The molecular weight excluding hydrogens is 309 g/mol. The number of rotatable bonds is 4. The normalized spacial score (nSPS) is 12.9. The van der Waals surface area contributed by atoms with Gasteiger partial charge < -0.3 is 9.64 Å². The van der Waals surface area contributed by atoms with Crippen LogP contribution in [0, 0.1) is 13.8 Å². The summed E-state index contributed by atoms with van der Waals surface area (Å²) >= 11 is 0.992. The van der Waals surface area contributed by atoms with Crippen LogP contribution in [0.25, 0.3) is 0 Å². The highest BCUT2D eigenvalue weighted by molar-refractivity contribution is 7.13. The van der Waals surface area contributed by atoms with Gasteiger partial charge in [0, 0.05) is 0 Å². The van der Waals surface area contributed by atoms with Crippen LogP contribution in [0.2, 0.25) is 0 Å². The van der Waals surface area contributed by atoms with Gasteiger partial charge in [-0.15, -0.1) is 11.3 Å². The van der Waals surface area contributed by atoms with Gasteiger partial charge >= 0.3 is 12.1 Å². The Labute approximate surface area is 123 Å². The van der Waals surface area contributed by atoms with Gasteiger partial charge in [-0.05, 0) is 20.8 Å². The van der Waals surface area contributed by atoms with Crippen LogP contribution in [0.15, 0.2) is 0 Å². The molecule has 1 atom stereocenters. The van der Waals surface area contributed by atoms with Crippen molar-refractivity contribution in [3.05, 3.63) is 15.6 Å².